The van der Waals surface area contributed by atoms with Gasteiger partial charge < -0.3 is 4.74 Å². The van der Waals surface area contributed by atoms with Crippen molar-refractivity contribution < 1.29 is 9.53 Å². The number of carbonyl (C=O) groups excluding carboxylic acids is 1. The van der Waals surface area contributed by atoms with Crippen LogP contribution in [0.25, 0.3) is 0 Å². The van der Waals surface area contributed by atoms with Crippen LogP contribution in [0.3, 0.4) is 0 Å². The number of hydrogen-bond acceptors (Lipinski definition) is 3. The molecule has 0 N–H and O–H groups in total. The summed E-state index contributed by atoms with van der Waals surface area (Å²) in [5.74, 6) is -0.373. The van der Waals surface area contributed by atoms with E-state index in [4.69, 9.17) is 4.74 Å². The predicted molar refractivity (Wildman–Crippen MR) is 57.8 cm³/mol. The molecule has 0 saturated carbocycles. The maximum absolute atomic E-state index is 11.3. The van der Waals surface area contributed by atoms with Crippen molar-refractivity contribution in [3.8, 4) is 0 Å². The molecule has 0 aromatic heterocycles. The summed E-state index contributed by atoms with van der Waals surface area (Å²) in [7, 11) is 0. The number of rotatable bonds is 6. The smallest absolute Gasteiger partial charge is 0.334 e. The molecule has 0 bridgehead atoms. The number of nitrogens with zero attached hydrogens (tertiary/aromatic N) is 1. The van der Waals surface area contributed by atoms with Crippen LogP contribution in [0.4, 0.5) is 0 Å². The van der Waals surface area contributed by atoms with Gasteiger partial charge in [0.05, 0.1) is 0 Å². The normalized spacial score (nSPS) is 12.3. The fourth-order valence-corrected chi connectivity index (χ4v) is 1.07. The molecule has 80 valence electrons. The Hall–Kier alpha value is -1.09. The van der Waals surface area contributed by atoms with Gasteiger partial charge in [-0.3, -0.25) is 4.90 Å². The molecule has 0 aliphatic carbocycles. The van der Waals surface area contributed by atoms with Gasteiger partial charge in [-0.25, -0.2) is 4.79 Å². The van der Waals surface area contributed by atoms with Gasteiger partial charge in [-0.15, -0.1) is 0 Å². The van der Waals surface area contributed by atoms with Crippen LogP contribution in [0.15, 0.2) is 24.8 Å². The van der Waals surface area contributed by atoms with Crippen LogP contribution >= 0.6 is 0 Å². The summed E-state index contributed by atoms with van der Waals surface area (Å²) in [6.07, 6.45) is 1.27. The molecule has 0 rings (SSSR count). The maximum atomic E-state index is 11.3. The van der Waals surface area contributed by atoms with Crippen LogP contribution in [0.2, 0.25) is 0 Å². The van der Waals surface area contributed by atoms with Crippen LogP contribution in [-0.2, 0) is 9.53 Å². The summed E-state index contributed by atoms with van der Waals surface area (Å²) < 4.78 is 5.17. The minimum absolute atomic E-state index is 0.353. The first-order chi connectivity index (χ1) is 6.56. The highest BCUT2D eigenvalue weighted by Gasteiger charge is 2.16. The molecule has 1 atom stereocenters. The second-order valence-corrected chi connectivity index (χ2v) is 3.03. The highest BCUT2D eigenvalue weighted by atomic mass is 16.6. The van der Waals surface area contributed by atoms with Crippen LogP contribution < -0.4 is 0 Å². The second kappa shape index (κ2) is 6.38. The van der Waals surface area contributed by atoms with E-state index >= 15 is 0 Å². The standard InChI is InChI=1S/C11H19NO2/c1-6-10(12(7-2)8-3)14-11(13)9(4)5/h6,10H,1,4,7-8H2,2-3,5H3. The molecule has 14 heavy (non-hydrogen) atoms. The number of carbonyl (C=O) groups is 1. The van der Waals surface area contributed by atoms with E-state index in [0.717, 1.165) is 13.1 Å². The van der Waals surface area contributed by atoms with Gasteiger partial charge >= 0.3 is 5.97 Å². The fourth-order valence-electron chi connectivity index (χ4n) is 1.07. The molecule has 0 spiro atoms. The Morgan fingerprint density at radius 2 is 2.00 bits per heavy atom. The van der Waals surface area contributed by atoms with Crippen LogP contribution in [-0.4, -0.2) is 30.2 Å². The summed E-state index contributed by atoms with van der Waals surface area (Å²) in [6.45, 7) is 14.4. The molecule has 1 unspecified atom stereocenters. The number of hydrogen-bond donors (Lipinski definition) is 0. The zero-order valence-electron chi connectivity index (χ0n) is 9.25. The lowest BCUT2D eigenvalue weighted by molar-refractivity contribution is -0.149. The van der Waals surface area contributed by atoms with E-state index in [-0.39, 0.29) is 12.2 Å². The van der Waals surface area contributed by atoms with Gasteiger partial charge in [0.25, 0.3) is 0 Å². The monoisotopic (exact) mass is 197 g/mol. The van der Waals surface area contributed by atoms with Gasteiger partial charge in [-0.05, 0) is 26.1 Å². The van der Waals surface area contributed by atoms with Crippen molar-refractivity contribution in [1.82, 2.24) is 4.90 Å². The third kappa shape index (κ3) is 3.75. The molecule has 3 nitrogen and oxygen atoms in total. The Labute approximate surface area is 86.0 Å². The fraction of sp³-hybridized carbons (Fsp3) is 0.545. The van der Waals surface area contributed by atoms with Gasteiger partial charge in [-0.1, -0.05) is 27.0 Å². The van der Waals surface area contributed by atoms with E-state index in [1.807, 2.05) is 18.7 Å². The first kappa shape index (κ1) is 12.9. The Morgan fingerprint density at radius 1 is 1.50 bits per heavy atom. The van der Waals surface area contributed by atoms with Gasteiger partial charge in [0, 0.05) is 5.57 Å². The molecule has 0 radical (unpaired) electrons. The van der Waals surface area contributed by atoms with Gasteiger partial charge in [0.1, 0.15) is 0 Å². The Kier molecular flexibility index (Phi) is 5.88. The van der Waals surface area contributed by atoms with Crippen molar-refractivity contribution in [3.63, 3.8) is 0 Å². The topological polar surface area (TPSA) is 29.5 Å². The van der Waals surface area contributed by atoms with E-state index in [2.05, 4.69) is 13.2 Å². The molecular formula is C11H19NO2. The molecule has 0 saturated heterocycles. The van der Waals surface area contributed by atoms with Crippen molar-refractivity contribution in [3.05, 3.63) is 24.8 Å². The zero-order valence-corrected chi connectivity index (χ0v) is 9.25. The molecule has 0 amide bonds. The van der Waals surface area contributed by atoms with Crippen molar-refractivity contribution in [2.24, 2.45) is 0 Å². The summed E-state index contributed by atoms with van der Waals surface area (Å²) >= 11 is 0. The van der Waals surface area contributed by atoms with E-state index < -0.39 is 0 Å². The predicted octanol–water partition coefficient (Wildman–Crippen LogP) is 1.96. The molecule has 3 heteroatoms. The van der Waals surface area contributed by atoms with Crippen molar-refractivity contribution in [2.45, 2.75) is 27.0 Å². The Balaban J connectivity index is 4.34. The zero-order chi connectivity index (χ0) is 11.1. The minimum atomic E-state index is -0.373. The minimum Gasteiger partial charge on any atom is -0.439 e. The van der Waals surface area contributed by atoms with E-state index in [1.165, 1.54) is 0 Å². The average Bonchev–Trinajstić information content (AvgIpc) is 2.17. The maximum Gasteiger partial charge on any atom is 0.334 e. The Morgan fingerprint density at radius 3 is 2.29 bits per heavy atom. The second-order valence-electron chi connectivity index (χ2n) is 3.03. The van der Waals surface area contributed by atoms with Crippen LogP contribution in [0, 0.1) is 0 Å². The molecule has 0 aliphatic rings. The summed E-state index contributed by atoms with van der Waals surface area (Å²) in [4.78, 5) is 13.2. The van der Waals surface area contributed by atoms with Gasteiger partial charge in [0.2, 0.25) is 0 Å². The largest absolute Gasteiger partial charge is 0.439 e. The lowest BCUT2D eigenvalue weighted by Crippen LogP contribution is -2.37. The number of likely N-dealkylation sites (N-methyl/N-ethyl adjacent to an activating group) is 1. The first-order valence-corrected chi connectivity index (χ1v) is 4.79. The first-order valence-electron chi connectivity index (χ1n) is 4.79. The van der Waals surface area contributed by atoms with E-state index in [1.54, 1.807) is 13.0 Å². The summed E-state index contributed by atoms with van der Waals surface area (Å²) in [6, 6.07) is 0. The molecule has 0 fully saturated rings. The van der Waals surface area contributed by atoms with Crippen LogP contribution in [0.1, 0.15) is 20.8 Å². The lowest BCUT2D eigenvalue weighted by Gasteiger charge is -2.26. The van der Waals surface area contributed by atoms with E-state index in [9.17, 15) is 4.79 Å². The quantitative estimate of drug-likeness (QED) is 0.282. The Bertz CT molecular complexity index is 219. The van der Waals surface area contributed by atoms with Gasteiger partial charge in [-0.2, -0.15) is 0 Å². The van der Waals surface area contributed by atoms with Crippen molar-refractivity contribution >= 4 is 5.97 Å². The molecule has 0 heterocycles. The highest BCUT2D eigenvalue weighted by molar-refractivity contribution is 5.87. The van der Waals surface area contributed by atoms with Gasteiger partial charge in [0.15, 0.2) is 6.23 Å². The summed E-state index contributed by atoms with van der Waals surface area (Å²) in [5.41, 5.74) is 0.406. The molecular weight excluding hydrogens is 178 g/mol. The van der Waals surface area contributed by atoms with Crippen molar-refractivity contribution in [2.75, 3.05) is 13.1 Å². The average molecular weight is 197 g/mol. The van der Waals surface area contributed by atoms with E-state index in [0.29, 0.717) is 5.57 Å². The third-order valence-electron chi connectivity index (χ3n) is 1.95. The highest BCUT2D eigenvalue weighted by Crippen LogP contribution is 2.05. The molecule has 0 aliphatic heterocycles. The van der Waals surface area contributed by atoms with Crippen LogP contribution in [0.5, 0.6) is 0 Å². The third-order valence-corrected chi connectivity index (χ3v) is 1.95. The molecule has 0 aromatic rings. The number of esters is 1. The molecule has 0 aromatic carbocycles. The number of ether oxygens (including phenoxy) is 1. The summed E-state index contributed by atoms with van der Waals surface area (Å²) in [5, 5.41) is 0. The lowest BCUT2D eigenvalue weighted by atomic mass is 10.3. The SMILES string of the molecule is C=CC(OC(=O)C(=C)C)N(CC)CC. The van der Waals surface area contributed by atoms with Crippen molar-refractivity contribution in [1.29, 1.82) is 0 Å².